The second kappa shape index (κ2) is 9.77. The Labute approximate surface area is 172 Å². The molecular weight excluding hydrogens is 398 g/mol. The summed E-state index contributed by atoms with van der Waals surface area (Å²) in [6.07, 6.45) is 0.554. The van der Waals surface area contributed by atoms with Crippen LogP contribution in [0.25, 0.3) is 0 Å². The second-order valence-electron chi connectivity index (χ2n) is 6.62. The number of thioether (sulfide) groups is 1. The lowest BCUT2D eigenvalue weighted by Crippen LogP contribution is -2.51. The number of rotatable bonds is 7. The number of aliphatic hydroxyl groups is 2. The van der Waals surface area contributed by atoms with Crippen LogP contribution in [0, 0.1) is 0 Å². The van der Waals surface area contributed by atoms with Crippen molar-refractivity contribution in [1.82, 2.24) is 10.6 Å². The summed E-state index contributed by atoms with van der Waals surface area (Å²) in [6.45, 7) is 1.43. The van der Waals surface area contributed by atoms with Crippen molar-refractivity contribution in [3.8, 4) is 5.75 Å². The van der Waals surface area contributed by atoms with Crippen molar-refractivity contribution >= 4 is 29.5 Å². The molecule has 158 valence electrons. The number of nitrogens with one attached hydrogen (secondary N) is 2. The van der Waals surface area contributed by atoms with Crippen molar-refractivity contribution in [2.75, 3.05) is 13.4 Å². The van der Waals surface area contributed by atoms with Gasteiger partial charge in [-0.2, -0.15) is 0 Å². The Bertz CT molecular complexity index is 828. The molecule has 4 atom stereocenters. The molecule has 0 radical (unpaired) electrons. The summed E-state index contributed by atoms with van der Waals surface area (Å²) >= 11 is 1.49. The minimum atomic E-state index is -1.31. The van der Waals surface area contributed by atoms with Gasteiger partial charge in [-0.3, -0.25) is 14.4 Å². The van der Waals surface area contributed by atoms with E-state index in [0.29, 0.717) is 5.75 Å². The molecule has 9 nitrogen and oxygen atoms in total. The van der Waals surface area contributed by atoms with Gasteiger partial charge in [0.15, 0.2) is 0 Å². The molecule has 3 amide bonds. The van der Waals surface area contributed by atoms with Crippen LogP contribution in [0.4, 0.5) is 0 Å². The number of methoxy groups -OCH3 is 1. The molecule has 0 unspecified atom stereocenters. The molecular formula is C19H25N3O6S. The van der Waals surface area contributed by atoms with E-state index in [1.165, 1.54) is 31.9 Å². The molecule has 0 spiro atoms. The third kappa shape index (κ3) is 5.49. The van der Waals surface area contributed by atoms with E-state index in [1.807, 2.05) is 6.26 Å². The SMILES string of the molecule is COc1cc(SC)ccc1C(=O)N[C@@H]1C=C(C(=O)N[C@H](C)C(N)=O)C[C@@H](O)[C@@H]1O. The van der Waals surface area contributed by atoms with E-state index >= 15 is 0 Å². The van der Waals surface area contributed by atoms with Gasteiger partial charge in [-0.1, -0.05) is 6.08 Å². The zero-order chi connectivity index (χ0) is 21.7. The van der Waals surface area contributed by atoms with Gasteiger partial charge in [0, 0.05) is 16.9 Å². The molecule has 1 aliphatic rings. The Balaban J connectivity index is 2.22. The molecule has 0 heterocycles. The molecule has 10 heteroatoms. The average Bonchev–Trinajstić information content (AvgIpc) is 2.70. The van der Waals surface area contributed by atoms with Crippen LogP contribution in [0.1, 0.15) is 23.7 Å². The monoisotopic (exact) mass is 423 g/mol. The van der Waals surface area contributed by atoms with Crippen LogP contribution in [-0.4, -0.2) is 65.6 Å². The van der Waals surface area contributed by atoms with Crippen LogP contribution in [0.15, 0.2) is 34.7 Å². The number of hydrogen-bond donors (Lipinski definition) is 5. The normalized spacial score (nSPS) is 22.2. The maximum absolute atomic E-state index is 12.7. The van der Waals surface area contributed by atoms with Gasteiger partial charge >= 0.3 is 0 Å². The van der Waals surface area contributed by atoms with Gasteiger partial charge in [-0.25, -0.2) is 0 Å². The average molecular weight is 423 g/mol. The molecule has 0 saturated heterocycles. The predicted octanol–water partition coefficient (Wildman–Crippen LogP) is -0.443. The fourth-order valence-corrected chi connectivity index (χ4v) is 3.27. The standard InChI is InChI=1S/C19H25N3O6S/c1-9(17(20)25)21-18(26)10-6-13(16(24)14(23)7-10)22-19(27)12-5-4-11(29-3)8-15(12)28-2/h4-6,8-9,13-14,16,23-24H,7H2,1-3H3,(H2,20,25)(H,21,26)(H,22,27)/t9-,13-,14-,16-/m1/s1. The first kappa shape index (κ1) is 22.7. The Morgan fingerprint density at radius 1 is 1.28 bits per heavy atom. The molecule has 0 aliphatic heterocycles. The number of aliphatic hydroxyl groups excluding tert-OH is 2. The third-order valence-electron chi connectivity index (χ3n) is 4.59. The third-order valence-corrected chi connectivity index (χ3v) is 5.31. The van der Waals surface area contributed by atoms with E-state index in [4.69, 9.17) is 10.5 Å². The predicted molar refractivity (Wildman–Crippen MR) is 108 cm³/mol. The number of carbonyl (C=O) groups excluding carboxylic acids is 3. The fraction of sp³-hybridized carbons (Fsp3) is 0.421. The van der Waals surface area contributed by atoms with Crippen LogP contribution >= 0.6 is 11.8 Å². The van der Waals surface area contributed by atoms with E-state index in [9.17, 15) is 24.6 Å². The van der Waals surface area contributed by atoms with E-state index in [0.717, 1.165) is 4.90 Å². The number of nitrogens with two attached hydrogens (primary N) is 1. The van der Waals surface area contributed by atoms with Crippen molar-refractivity contribution in [3.63, 3.8) is 0 Å². The summed E-state index contributed by atoms with van der Waals surface area (Å²) in [5.74, 6) is -1.49. The Morgan fingerprint density at radius 3 is 2.55 bits per heavy atom. The zero-order valence-electron chi connectivity index (χ0n) is 16.3. The number of primary amides is 1. The van der Waals surface area contributed by atoms with Crippen molar-refractivity contribution < 1.29 is 29.3 Å². The van der Waals surface area contributed by atoms with Crippen LogP contribution in [0.3, 0.4) is 0 Å². The summed E-state index contributed by atoms with van der Waals surface area (Å²) < 4.78 is 5.26. The van der Waals surface area contributed by atoms with Gasteiger partial charge < -0.3 is 31.3 Å². The van der Waals surface area contributed by atoms with Gasteiger partial charge in [0.05, 0.1) is 24.8 Å². The van der Waals surface area contributed by atoms with Crippen molar-refractivity contribution in [2.24, 2.45) is 5.73 Å². The number of benzene rings is 1. The highest BCUT2D eigenvalue weighted by atomic mass is 32.2. The molecule has 29 heavy (non-hydrogen) atoms. The Kier molecular flexibility index (Phi) is 7.66. The van der Waals surface area contributed by atoms with Crippen molar-refractivity contribution in [1.29, 1.82) is 0 Å². The Hall–Kier alpha value is -2.56. The highest BCUT2D eigenvalue weighted by molar-refractivity contribution is 7.98. The second-order valence-corrected chi connectivity index (χ2v) is 7.50. The number of amides is 3. The quantitative estimate of drug-likeness (QED) is 0.373. The molecule has 1 aliphatic carbocycles. The molecule has 0 saturated carbocycles. The highest BCUT2D eigenvalue weighted by Gasteiger charge is 2.34. The molecule has 1 aromatic carbocycles. The van der Waals surface area contributed by atoms with Gasteiger partial charge in [-0.15, -0.1) is 11.8 Å². The van der Waals surface area contributed by atoms with Gasteiger partial charge in [0.1, 0.15) is 17.9 Å². The van der Waals surface area contributed by atoms with Gasteiger partial charge in [-0.05, 0) is 31.4 Å². The van der Waals surface area contributed by atoms with Crippen molar-refractivity contribution in [3.05, 3.63) is 35.4 Å². The molecule has 0 fully saturated rings. The van der Waals surface area contributed by atoms with Crippen molar-refractivity contribution in [2.45, 2.75) is 42.5 Å². The van der Waals surface area contributed by atoms with E-state index in [1.54, 1.807) is 18.2 Å². The minimum Gasteiger partial charge on any atom is -0.496 e. The summed E-state index contributed by atoms with van der Waals surface area (Å²) in [4.78, 5) is 37.1. The largest absolute Gasteiger partial charge is 0.496 e. The summed E-state index contributed by atoms with van der Waals surface area (Å²) in [6, 6.07) is 3.15. The minimum absolute atomic E-state index is 0.128. The number of hydrogen-bond acceptors (Lipinski definition) is 7. The maximum atomic E-state index is 12.7. The molecule has 0 bridgehead atoms. The lowest BCUT2D eigenvalue weighted by Gasteiger charge is -2.31. The first-order valence-corrected chi connectivity index (χ1v) is 10.1. The first-order chi connectivity index (χ1) is 13.7. The fourth-order valence-electron chi connectivity index (χ4n) is 2.84. The van der Waals surface area contributed by atoms with E-state index < -0.39 is 42.0 Å². The van der Waals surface area contributed by atoms with E-state index in [2.05, 4.69) is 10.6 Å². The number of carbonyl (C=O) groups is 3. The molecule has 6 N–H and O–H groups in total. The Morgan fingerprint density at radius 2 is 1.97 bits per heavy atom. The molecule has 1 aromatic rings. The van der Waals surface area contributed by atoms with Crippen LogP contribution in [-0.2, 0) is 9.59 Å². The van der Waals surface area contributed by atoms with Crippen LogP contribution < -0.4 is 21.1 Å². The van der Waals surface area contributed by atoms with Crippen LogP contribution in [0.2, 0.25) is 0 Å². The lowest BCUT2D eigenvalue weighted by molar-refractivity contribution is -0.125. The lowest BCUT2D eigenvalue weighted by atomic mass is 9.89. The summed E-state index contributed by atoms with van der Waals surface area (Å²) in [5.41, 5.74) is 5.52. The van der Waals surface area contributed by atoms with E-state index in [-0.39, 0.29) is 17.6 Å². The van der Waals surface area contributed by atoms with Crippen LogP contribution in [0.5, 0.6) is 5.75 Å². The summed E-state index contributed by atoms with van der Waals surface area (Å²) in [5, 5.41) is 25.4. The maximum Gasteiger partial charge on any atom is 0.255 e. The summed E-state index contributed by atoms with van der Waals surface area (Å²) in [7, 11) is 1.44. The first-order valence-electron chi connectivity index (χ1n) is 8.87. The van der Waals surface area contributed by atoms with Gasteiger partial charge in [0.2, 0.25) is 11.8 Å². The number of ether oxygens (including phenoxy) is 1. The topological polar surface area (TPSA) is 151 Å². The molecule has 0 aromatic heterocycles. The highest BCUT2D eigenvalue weighted by Crippen LogP contribution is 2.26. The zero-order valence-corrected chi connectivity index (χ0v) is 17.2. The molecule has 2 rings (SSSR count). The smallest absolute Gasteiger partial charge is 0.255 e. The van der Waals surface area contributed by atoms with Gasteiger partial charge in [0.25, 0.3) is 5.91 Å².